The van der Waals surface area contributed by atoms with E-state index in [4.69, 9.17) is 0 Å². The second-order valence-electron chi connectivity index (χ2n) is 3.71. The fraction of sp³-hybridized carbons (Fsp3) is 0.900. The molecule has 0 heterocycles. The van der Waals surface area contributed by atoms with E-state index in [0.29, 0.717) is 5.92 Å². The van der Waals surface area contributed by atoms with E-state index < -0.39 is 0 Å². The second kappa shape index (κ2) is 4.53. The lowest BCUT2D eigenvalue weighted by molar-refractivity contribution is -0.112. The molecule has 0 aromatic carbocycles. The Labute approximate surface area is 69.2 Å². The monoisotopic (exact) mass is 154 g/mol. The Balaban J connectivity index is 2.18. The molecule has 1 heteroatoms. The van der Waals surface area contributed by atoms with Gasteiger partial charge in [0.1, 0.15) is 6.29 Å². The third-order valence-corrected chi connectivity index (χ3v) is 2.78. The minimum Gasteiger partial charge on any atom is -0.303 e. The zero-order chi connectivity index (χ0) is 8.10. The summed E-state index contributed by atoms with van der Waals surface area (Å²) in [6.45, 7) is 2.24. The Morgan fingerprint density at radius 3 is 2.36 bits per heavy atom. The van der Waals surface area contributed by atoms with Gasteiger partial charge in [-0.1, -0.05) is 19.8 Å². The average molecular weight is 154 g/mol. The molecule has 1 aliphatic carbocycles. The first-order valence-electron chi connectivity index (χ1n) is 4.82. The smallest absolute Gasteiger partial charge is 0.123 e. The maximum absolute atomic E-state index is 10.4. The van der Waals surface area contributed by atoms with Gasteiger partial charge in [-0.15, -0.1) is 0 Å². The van der Waals surface area contributed by atoms with Crippen molar-refractivity contribution in [1.29, 1.82) is 0 Å². The molecule has 1 aliphatic rings. The molecule has 0 aliphatic heterocycles. The zero-order valence-electron chi connectivity index (χ0n) is 7.38. The SMILES string of the molecule is CCCC1CCC(C=O)CC1. The molecule has 1 saturated carbocycles. The Morgan fingerprint density at radius 1 is 1.27 bits per heavy atom. The van der Waals surface area contributed by atoms with Crippen LogP contribution in [0.2, 0.25) is 0 Å². The van der Waals surface area contributed by atoms with E-state index in [1.807, 2.05) is 0 Å². The summed E-state index contributed by atoms with van der Waals surface area (Å²) in [5.74, 6) is 1.32. The van der Waals surface area contributed by atoms with Crippen LogP contribution in [0.5, 0.6) is 0 Å². The Bertz CT molecular complexity index is 112. The summed E-state index contributed by atoms with van der Waals surface area (Å²) in [5, 5.41) is 0. The molecule has 1 nitrogen and oxygen atoms in total. The summed E-state index contributed by atoms with van der Waals surface area (Å²) < 4.78 is 0. The molecule has 0 aromatic heterocycles. The highest BCUT2D eigenvalue weighted by Crippen LogP contribution is 2.30. The minimum absolute atomic E-state index is 0.392. The first-order chi connectivity index (χ1) is 5.36. The van der Waals surface area contributed by atoms with E-state index in [0.717, 1.165) is 25.0 Å². The van der Waals surface area contributed by atoms with E-state index in [2.05, 4.69) is 6.92 Å². The summed E-state index contributed by atoms with van der Waals surface area (Å²) >= 11 is 0. The van der Waals surface area contributed by atoms with Crippen molar-refractivity contribution in [3.63, 3.8) is 0 Å². The van der Waals surface area contributed by atoms with Gasteiger partial charge in [-0.25, -0.2) is 0 Å². The van der Waals surface area contributed by atoms with Crippen LogP contribution in [0.1, 0.15) is 45.4 Å². The maximum atomic E-state index is 10.4. The lowest BCUT2D eigenvalue weighted by Crippen LogP contribution is -2.14. The predicted molar refractivity (Wildman–Crippen MR) is 46.4 cm³/mol. The number of carbonyl (C=O) groups is 1. The molecule has 0 radical (unpaired) electrons. The van der Waals surface area contributed by atoms with Crippen molar-refractivity contribution in [3.05, 3.63) is 0 Å². The van der Waals surface area contributed by atoms with Crippen molar-refractivity contribution in [3.8, 4) is 0 Å². The third kappa shape index (κ3) is 2.64. The highest BCUT2D eigenvalue weighted by atomic mass is 16.1. The van der Waals surface area contributed by atoms with Crippen LogP contribution in [0.3, 0.4) is 0 Å². The maximum Gasteiger partial charge on any atom is 0.123 e. The molecular weight excluding hydrogens is 136 g/mol. The predicted octanol–water partition coefficient (Wildman–Crippen LogP) is 2.79. The van der Waals surface area contributed by atoms with Gasteiger partial charge in [0.25, 0.3) is 0 Å². The first-order valence-corrected chi connectivity index (χ1v) is 4.82. The van der Waals surface area contributed by atoms with Gasteiger partial charge >= 0.3 is 0 Å². The van der Waals surface area contributed by atoms with Crippen molar-refractivity contribution in [2.24, 2.45) is 11.8 Å². The fourth-order valence-electron chi connectivity index (χ4n) is 2.02. The van der Waals surface area contributed by atoms with Gasteiger partial charge in [0, 0.05) is 5.92 Å². The number of rotatable bonds is 3. The summed E-state index contributed by atoms with van der Waals surface area (Å²) in [7, 11) is 0. The van der Waals surface area contributed by atoms with Crippen LogP contribution in [0.4, 0.5) is 0 Å². The van der Waals surface area contributed by atoms with Gasteiger partial charge in [-0.05, 0) is 31.6 Å². The lowest BCUT2D eigenvalue weighted by atomic mass is 9.81. The van der Waals surface area contributed by atoms with Crippen LogP contribution in [-0.2, 0) is 4.79 Å². The number of hydrogen-bond donors (Lipinski definition) is 0. The van der Waals surface area contributed by atoms with Crippen LogP contribution in [0.25, 0.3) is 0 Å². The molecule has 11 heavy (non-hydrogen) atoms. The number of aldehydes is 1. The molecule has 0 spiro atoms. The van der Waals surface area contributed by atoms with Gasteiger partial charge in [-0.2, -0.15) is 0 Å². The van der Waals surface area contributed by atoms with Crippen molar-refractivity contribution < 1.29 is 4.79 Å². The molecule has 0 saturated heterocycles. The summed E-state index contributed by atoms with van der Waals surface area (Å²) in [4.78, 5) is 10.4. The zero-order valence-corrected chi connectivity index (χ0v) is 7.38. The van der Waals surface area contributed by atoms with Crippen LogP contribution < -0.4 is 0 Å². The molecular formula is C10H18O. The highest BCUT2D eigenvalue weighted by Gasteiger charge is 2.19. The van der Waals surface area contributed by atoms with E-state index in [1.165, 1.54) is 25.7 Å². The third-order valence-electron chi connectivity index (χ3n) is 2.78. The van der Waals surface area contributed by atoms with Gasteiger partial charge in [0.2, 0.25) is 0 Å². The molecule has 0 amide bonds. The standard InChI is InChI=1S/C10H18O/c1-2-3-9-4-6-10(8-11)7-5-9/h8-10H,2-7H2,1H3. The van der Waals surface area contributed by atoms with Crippen molar-refractivity contribution in [1.82, 2.24) is 0 Å². The number of hydrogen-bond acceptors (Lipinski definition) is 1. The van der Waals surface area contributed by atoms with Crippen molar-refractivity contribution >= 4 is 6.29 Å². The molecule has 64 valence electrons. The lowest BCUT2D eigenvalue weighted by Gasteiger charge is -2.24. The van der Waals surface area contributed by atoms with Gasteiger partial charge in [0.15, 0.2) is 0 Å². The Hall–Kier alpha value is -0.330. The van der Waals surface area contributed by atoms with Crippen molar-refractivity contribution in [2.75, 3.05) is 0 Å². The van der Waals surface area contributed by atoms with Crippen LogP contribution in [0.15, 0.2) is 0 Å². The highest BCUT2D eigenvalue weighted by molar-refractivity contribution is 5.53. The van der Waals surface area contributed by atoms with Gasteiger partial charge < -0.3 is 4.79 Å². The molecule has 0 bridgehead atoms. The average Bonchev–Trinajstić information content (AvgIpc) is 2.07. The summed E-state index contributed by atoms with van der Waals surface area (Å²) in [5.41, 5.74) is 0. The molecule has 0 aromatic rings. The van der Waals surface area contributed by atoms with E-state index in [1.54, 1.807) is 0 Å². The van der Waals surface area contributed by atoms with Crippen LogP contribution >= 0.6 is 0 Å². The normalized spacial score (nSPS) is 31.7. The second-order valence-corrected chi connectivity index (χ2v) is 3.71. The topological polar surface area (TPSA) is 17.1 Å². The first kappa shape index (κ1) is 8.76. The molecule has 0 N–H and O–H groups in total. The molecule has 1 rings (SSSR count). The van der Waals surface area contributed by atoms with Gasteiger partial charge in [0.05, 0.1) is 0 Å². The molecule has 0 atom stereocenters. The number of carbonyl (C=O) groups excluding carboxylic acids is 1. The Morgan fingerprint density at radius 2 is 1.91 bits per heavy atom. The van der Waals surface area contributed by atoms with Crippen molar-refractivity contribution in [2.45, 2.75) is 45.4 Å². The molecule has 0 unspecified atom stereocenters. The van der Waals surface area contributed by atoms with E-state index in [-0.39, 0.29) is 0 Å². The van der Waals surface area contributed by atoms with E-state index in [9.17, 15) is 4.79 Å². The Kier molecular flexibility index (Phi) is 3.61. The minimum atomic E-state index is 0.392. The summed E-state index contributed by atoms with van der Waals surface area (Å²) in [6, 6.07) is 0. The quantitative estimate of drug-likeness (QED) is 0.571. The van der Waals surface area contributed by atoms with Gasteiger partial charge in [-0.3, -0.25) is 0 Å². The summed E-state index contributed by atoms with van der Waals surface area (Å²) in [6.07, 6.45) is 8.68. The van der Waals surface area contributed by atoms with Crippen LogP contribution in [0, 0.1) is 11.8 Å². The van der Waals surface area contributed by atoms with Crippen LogP contribution in [-0.4, -0.2) is 6.29 Å². The van der Waals surface area contributed by atoms with E-state index >= 15 is 0 Å². The molecule has 1 fully saturated rings. The fourth-order valence-corrected chi connectivity index (χ4v) is 2.02. The largest absolute Gasteiger partial charge is 0.303 e.